The number of rotatable bonds is 8. The van der Waals surface area contributed by atoms with E-state index in [0.29, 0.717) is 24.9 Å². The van der Waals surface area contributed by atoms with Crippen molar-refractivity contribution in [2.24, 2.45) is 5.92 Å². The first-order chi connectivity index (χ1) is 12.7. The van der Waals surface area contributed by atoms with Crippen LogP contribution in [0.15, 0.2) is 18.2 Å². The first-order valence-electron chi connectivity index (χ1n) is 8.14. The largest absolute Gasteiger partial charge is 0.406 e. The summed E-state index contributed by atoms with van der Waals surface area (Å²) in [6.07, 6.45) is -9.46. The van der Waals surface area contributed by atoms with Crippen molar-refractivity contribution < 1.29 is 36.1 Å². The van der Waals surface area contributed by atoms with Crippen molar-refractivity contribution in [1.82, 2.24) is 4.90 Å². The molecule has 6 nitrogen and oxygen atoms in total. The molecule has 0 spiro atoms. The predicted octanol–water partition coefficient (Wildman–Crippen LogP) is 4.62. The molecule has 0 aromatic heterocycles. The number of nitro groups is 1. The van der Waals surface area contributed by atoms with Crippen LogP contribution in [-0.4, -0.2) is 47.7 Å². The zero-order chi connectivity index (χ0) is 21.7. The van der Waals surface area contributed by atoms with Crippen molar-refractivity contribution in [2.45, 2.75) is 32.6 Å². The third-order valence-corrected chi connectivity index (χ3v) is 3.51. The minimum absolute atomic E-state index is 0.0143. The van der Waals surface area contributed by atoms with Gasteiger partial charge in [0.15, 0.2) is 0 Å². The number of hydrogen-bond donors (Lipinski definition) is 1. The van der Waals surface area contributed by atoms with Gasteiger partial charge < -0.3 is 10.2 Å². The summed E-state index contributed by atoms with van der Waals surface area (Å²) in [6.45, 7) is -0.0530. The summed E-state index contributed by atoms with van der Waals surface area (Å²) >= 11 is 0. The van der Waals surface area contributed by atoms with Crippen LogP contribution in [-0.2, 0) is 0 Å². The van der Waals surface area contributed by atoms with E-state index in [1.54, 1.807) is 0 Å². The number of nitrogens with one attached hydrogen (secondary N) is 1. The quantitative estimate of drug-likeness (QED) is 0.382. The highest BCUT2D eigenvalue weighted by molar-refractivity contribution is 5.95. The van der Waals surface area contributed by atoms with Crippen molar-refractivity contribution in [3.05, 3.63) is 33.9 Å². The van der Waals surface area contributed by atoms with Gasteiger partial charge in [0.2, 0.25) is 0 Å². The maximum absolute atomic E-state index is 12.6. The fourth-order valence-corrected chi connectivity index (χ4v) is 2.28. The van der Waals surface area contributed by atoms with E-state index >= 15 is 0 Å². The molecule has 1 aromatic carbocycles. The van der Waals surface area contributed by atoms with Crippen LogP contribution in [0, 0.1) is 16.0 Å². The summed E-state index contributed by atoms with van der Waals surface area (Å²) in [5.41, 5.74) is -1.25. The highest BCUT2D eigenvalue weighted by Crippen LogP contribution is 2.28. The topological polar surface area (TPSA) is 75.5 Å². The molecule has 0 aliphatic rings. The number of hydrogen-bond acceptors (Lipinski definition) is 4. The highest BCUT2D eigenvalue weighted by atomic mass is 19.4. The Balaban J connectivity index is 3.15. The molecule has 158 valence electrons. The molecule has 28 heavy (non-hydrogen) atoms. The molecule has 1 amide bonds. The Morgan fingerprint density at radius 2 is 1.68 bits per heavy atom. The third kappa shape index (κ3) is 8.01. The molecular weight excluding hydrogens is 396 g/mol. The van der Waals surface area contributed by atoms with Crippen LogP contribution in [0.2, 0.25) is 0 Å². The van der Waals surface area contributed by atoms with Gasteiger partial charge in [0.05, 0.1) is 4.92 Å². The molecule has 1 rings (SSSR count). The van der Waals surface area contributed by atoms with E-state index in [1.807, 2.05) is 13.8 Å². The Labute approximate surface area is 156 Å². The lowest BCUT2D eigenvalue weighted by atomic mass is 10.1. The molecule has 0 atom stereocenters. The molecule has 0 saturated heterocycles. The van der Waals surface area contributed by atoms with Crippen LogP contribution >= 0.6 is 0 Å². The number of anilines is 1. The molecule has 0 fully saturated rings. The van der Waals surface area contributed by atoms with Crippen LogP contribution in [0.25, 0.3) is 0 Å². The van der Waals surface area contributed by atoms with Crippen molar-refractivity contribution in [3.63, 3.8) is 0 Å². The smallest absolute Gasteiger partial charge is 0.379 e. The lowest BCUT2D eigenvalue weighted by molar-refractivity contribution is -0.384. The lowest BCUT2D eigenvalue weighted by Crippen LogP contribution is -2.44. The Hall–Kier alpha value is -2.53. The summed E-state index contributed by atoms with van der Waals surface area (Å²) in [5, 5.41) is 14.0. The maximum Gasteiger partial charge on any atom is 0.406 e. The van der Waals surface area contributed by atoms with Gasteiger partial charge in [0.25, 0.3) is 11.6 Å². The number of alkyl halides is 6. The van der Waals surface area contributed by atoms with Gasteiger partial charge in [-0.05, 0) is 24.5 Å². The zero-order valence-electron chi connectivity index (χ0n) is 15.0. The number of nitro benzene ring substituents is 1. The van der Waals surface area contributed by atoms with Gasteiger partial charge in [0.1, 0.15) is 18.8 Å². The number of nitrogens with zero attached hydrogens (tertiary/aromatic N) is 2. The minimum Gasteiger partial charge on any atom is -0.379 e. The normalized spacial score (nSPS) is 12.2. The van der Waals surface area contributed by atoms with Gasteiger partial charge in [-0.25, -0.2) is 0 Å². The Kier molecular flexibility index (Phi) is 7.65. The van der Waals surface area contributed by atoms with E-state index < -0.39 is 52.4 Å². The van der Waals surface area contributed by atoms with Crippen LogP contribution in [0.4, 0.5) is 37.7 Å². The highest BCUT2D eigenvalue weighted by Gasteiger charge is 2.40. The van der Waals surface area contributed by atoms with E-state index in [0.717, 1.165) is 12.1 Å². The SMILES string of the molecule is CC(C)CCNc1ccc(C(=O)N(CC(F)(F)F)CC(F)(F)F)cc1[N+](=O)[O-]. The molecule has 0 bridgehead atoms. The van der Waals surface area contributed by atoms with Gasteiger partial charge in [-0.1, -0.05) is 13.8 Å². The molecule has 0 heterocycles. The average Bonchev–Trinajstić information content (AvgIpc) is 2.50. The van der Waals surface area contributed by atoms with Gasteiger partial charge in [-0.2, -0.15) is 26.3 Å². The Morgan fingerprint density at radius 1 is 1.14 bits per heavy atom. The van der Waals surface area contributed by atoms with Gasteiger partial charge in [0, 0.05) is 18.2 Å². The van der Waals surface area contributed by atoms with Crippen LogP contribution in [0.5, 0.6) is 0 Å². The summed E-state index contributed by atoms with van der Waals surface area (Å²) in [7, 11) is 0. The standard InChI is InChI=1S/C16H19F6N3O3/c1-10(2)5-6-23-12-4-3-11(7-13(12)25(27)28)14(26)24(8-15(17,18)19)9-16(20,21)22/h3-4,7,10,23H,5-6,8-9H2,1-2H3. The first-order valence-corrected chi connectivity index (χ1v) is 8.14. The Bertz CT molecular complexity index is 688. The molecule has 1 N–H and O–H groups in total. The Morgan fingerprint density at radius 3 is 2.11 bits per heavy atom. The summed E-state index contributed by atoms with van der Waals surface area (Å²) in [5.74, 6) is -1.31. The molecule has 12 heteroatoms. The van der Waals surface area contributed by atoms with Crippen LogP contribution in [0.1, 0.15) is 30.6 Å². The second-order valence-electron chi connectivity index (χ2n) is 6.49. The van der Waals surface area contributed by atoms with Crippen LogP contribution in [0.3, 0.4) is 0 Å². The molecule has 0 radical (unpaired) electrons. The van der Waals surface area contributed by atoms with Crippen molar-refractivity contribution in [2.75, 3.05) is 25.0 Å². The number of carbonyl (C=O) groups excluding carboxylic acids is 1. The van der Waals surface area contributed by atoms with Crippen molar-refractivity contribution >= 4 is 17.3 Å². The van der Waals surface area contributed by atoms with Crippen molar-refractivity contribution in [1.29, 1.82) is 0 Å². The molecule has 0 aliphatic heterocycles. The third-order valence-electron chi connectivity index (χ3n) is 3.51. The fourth-order valence-electron chi connectivity index (χ4n) is 2.28. The minimum atomic E-state index is -5.06. The van der Waals surface area contributed by atoms with Crippen LogP contribution < -0.4 is 5.32 Å². The van der Waals surface area contributed by atoms with E-state index in [4.69, 9.17) is 0 Å². The number of amides is 1. The molecular formula is C16H19F6N3O3. The van der Waals surface area contributed by atoms with Gasteiger partial charge >= 0.3 is 12.4 Å². The number of carbonyl (C=O) groups is 1. The first kappa shape index (κ1) is 23.5. The second kappa shape index (κ2) is 9.11. The van der Waals surface area contributed by atoms with E-state index in [1.165, 1.54) is 0 Å². The lowest BCUT2D eigenvalue weighted by Gasteiger charge is -2.25. The summed E-state index contributed by atoms with van der Waals surface area (Å²) in [4.78, 5) is 22.1. The van der Waals surface area contributed by atoms with Gasteiger partial charge in [-0.3, -0.25) is 14.9 Å². The van der Waals surface area contributed by atoms with E-state index in [9.17, 15) is 41.3 Å². The monoisotopic (exact) mass is 415 g/mol. The van der Waals surface area contributed by atoms with Crippen molar-refractivity contribution in [3.8, 4) is 0 Å². The molecule has 0 saturated carbocycles. The fraction of sp³-hybridized carbons (Fsp3) is 0.562. The zero-order valence-corrected chi connectivity index (χ0v) is 15.0. The maximum atomic E-state index is 12.6. The second-order valence-corrected chi connectivity index (χ2v) is 6.49. The number of benzene rings is 1. The number of halogens is 6. The average molecular weight is 415 g/mol. The summed E-state index contributed by atoms with van der Waals surface area (Å²) in [6, 6.07) is 2.71. The van der Waals surface area contributed by atoms with E-state index in [2.05, 4.69) is 5.32 Å². The molecule has 0 unspecified atom stereocenters. The molecule has 0 aliphatic carbocycles. The van der Waals surface area contributed by atoms with Gasteiger partial charge in [-0.15, -0.1) is 0 Å². The van der Waals surface area contributed by atoms with E-state index in [-0.39, 0.29) is 5.69 Å². The predicted molar refractivity (Wildman–Crippen MR) is 89.1 cm³/mol. The molecule has 1 aromatic rings. The summed E-state index contributed by atoms with van der Waals surface area (Å²) < 4.78 is 75.3.